The fourth-order valence-electron chi connectivity index (χ4n) is 14.1. The van der Waals surface area contributed by atoms with Crippen molar-refractivity contribution in [2.45, 2.75) is 271 Å². The molecule has 12 heteroatoms. The Kier molecular flexibility index (Phi) is 11.2. The molecule has 0 aromatic rings. The van der Waals surface area contributed by atoms with Crippen LogP contribution < -0.4 is 0 Å². The summed E-state index contributed by atoms with van der Waals surface area (Å²) in [5, 5.41) is 11.5. The standard InChI is InChI=1S/C51H76O12/c1-10-27(2)18-30-20-39(52)51(9)43(54-30)22-35-36(60-51)21-34-31(55-35)12-11-15-47(5)44(58-34)26-50(8)42(61-47)24-41-48(6,63-50)16-13-32-45(59-41)29(4)19-33-38(56-32)25-49(7)40(57-33)23-37-46(62-49)28(3)14-17-53-37/h11-12,14,29-46,52H,2,10,13,15-26H2,1,3-9H3/b12-11-/t29-,30-,31-,32?,33+,34?,35+,36?,37+,38?,39+,40-,41+,42-,43-,44?,45-,46?,47+,48-,49+,50+,51+/m1/s1. The predicted octanol–water partition coefficient (Wildman–Crippen LogP) is 7.16. The minimum atomic E-state index is -0.813. The number of ether oxygens (including phenoxy) is 11. The van der Waals surface area contributed by atoms with Gasteiger partial charge >= 0.3 is 0 Å². The van der Waals surface area contributed by atoms with E-state index in [1.807, 2.05) is 6.92 Å². The van der Waals surface area contributed by atoms with Crippen molar-refractivity contribution in [3.8, 4) is 0 Å². The van der Waals surface area contributed by atoms with E-state index >= 15 is 0 Å². The molecule has 0 aromatic heterocycles. The van der Waals surface area contributed by atoms with Crippen LogP contribution >= 0.6 is 0 Å². The second-order valence-electron chi connectivity index (χ2n) is 23.0. The van der Waals surface area contributed by atoms with Gasteiger partial charge in [0.1, 0.15) is 17.8 Å². The summed E-state index contributed by atoms with van der Waals surface area (Å²) in [5.41, 5.74) is -0.547. The van der Waals surface area contributed by atoms with Crippen LogP contribution in [0.2, 0.25) is 0 Å². The summed E-state index contributed by atoms with van der Waals surface area (Å²) in [7, 11) is 0. The molecule has 12 nitrogen and oxygen atoms in total. The topological polar surface area (TPSA) is 122 Å². The normalized spacial score (nSPS) is 57.8. The van der Waals surface area contributed by atoms with E-state index in [4.69, 9.17) is 52.1 Å². The molecule has 0 saturated carbocycles. The maximum absolute atomic E-state index is 11.5. The highest BCUT2D eigenvalue weighted by Crippen LogP contribution is 2.55. The zero-order chi connectivity index (χ0) is 43.8. The number of aliphatic hydroxyl groups is 1. The number of rotatable bonds is 3. The summed E-state index contributed by atoms with van der Waals surface area (Å²) >= 11 is 0. The number of hydrogen-bond donors (Lipinski definition) is 1. The molecule has 1 N–H and O–H groups in total. The van der Waals surface area contributed by atoms with Crippen molar-refractivity contribution in [1.29, 1.82) is 0 Å². The first-order valence-electron chi connectivity index (χ1n) is 24.9. The molecule has 0 spiro atoms. The summed E-state index contributed by atoms with van der Waals surface area (Å²) in [6.07, 6.45) is 13.8. The lowest BCUT2D eigenvalue weighted by molar-refractivity contribution is -0.356. The molecule has 11 rings (SSSR count). The van der Waals surface area contributed by atoms with Crippen LogP contribution in [0.5, 0.6) is 0 Å². The van der Waals surface area contributed by atoms with Crippen molar-refractivity contribution in [3.63, 3.8) is 0 Å². The SMILES string of the molecule is C=C(CC)C[C@@H]1C[C@H](O)[C@]2(C)OC3CC4OC5C[C@]6(C)O[C@]7(C)CCC8OC9C[C@]%10(C)OC%11C(C)=CCO[C@H]%11C[C@H]%10O[C@H]9C[C@@H](C)[C@H]8O[C@H]7C[C@H]6O[C@@]5(C)C/C=C\[C@H]4O[C@H]3C[C@H]2O1. The first kappa shape index (κ1) is 44.3. The zero-order valence-corrected chi connectivity index (χ0v) is 39.2. The largest absolute Gasteiger partial charge is 0.390 e. The number of aliphatic hydroxyl groups excluding tert-OH is 1. The van der Waals surface area contributed by atoms with E-state index in [0.29, 0.717) is 38.7 Å². The van der Waals surface area contributed by atoms with Gasteiger partial charge in [-0.1, -0.05) is 44.2 Å². The fraction of sp³-hybridized carbons (Fsp3) is 0.882. The number of fused-ring (bicyclic) bond motifs is 10. The summed E-state index contributed by atoms with van der Waals surface area (Å²) < 4.78 is 76.7. The van der Waals surface area contributed by atoms with Crippen LogP contribution in [0.15, 0.2) is 36.0 Å². The predicted molar refractivity (Wildman–Crippen MR) is 232 cm³/mol. The third-order valence-electron chi connectivity index (χ3n) is 18.2. The average Bonchev–Trinajstić information content (AvgIpc) is 3.43. The van der Waals surface area contributed by atoms with Gasteiger partial charge in [0.15, 0.2) is 0 Å². The van der Waals surface area contributed by atoms with Crippen molar-refractivity contribution < 1.29 is 57.2 Å². The number of hydrogen-bond acceptors (Lipinski definition) is 12. The highest BCUT2D eigenvalue weighted by molar-refractivity contribution is 5.18. The molecule has 11 heterocycles. The van der Waals surface area contributed by atoms with Gasteiger partial charge in [0.25, 0.3) is 0 Å². The van der Waals surface area contributed by atoms with Crippen LogP contribution in [-0.4, -0.2) is 143 Å². The molecule has 9 fully saturated rings. The highest BCUT2D eigenvalue weighted by atomic mass is 16.6. The lowest BCUT2D eigenvalue weighted by Gasteiger charge is -2.60. The first-order valence-corrected chi connectivity index (χ1v) is 24.9. The maximum atomic E-state index is 11.5. The van der Waals surface area contributed by atoms with E-state index in [9.17, 15) is 5.11 Å². The Hall–Kier alpha value is -1.26. The Labute approximate surface area is 375 Å². The Morgan fingerprint density at radius 2 is 1.48 bits per heavy atom. The van der Waals surface area contributed by atoms with Crippen LogP contribution in [-0.2, 0) is 52.1 Å². The fourth-order valence-corrected chi connectivity index (χ4v) is 14.1. The Balaban J connectivity index is 0.777. The third-order valence-corrected chi connectivity index (χ3v) is 18.2. The van der Waals surface area contributed by atoms with E-state index < -0.39 is 34.1 Å². The van der Waals surface area contributed by atoms with Gasteiger partial charge in [0.05, 0.1) is 121 Å². The van der Waals surface area contributed by atoms with Gasteiger partial charge in [-0.3, -0.25) is 0 Å². The lowest BCUT2D eigenvalue weighted by Crippen LogP contribution is -2.70. The monoisotopic (exact) mass is 881 g/mol. The van der Waals surface area contributed by atoms with E-state index in [-0.39, 0.29) is 104 Å². The van der Waals surface area contributed by atoms with Gasteiger partial charge in [0.2, 0.25) is 0 Å². The molecule has 0 bridgehead atoms. The van der Waals surface area contributed by atoms with Crippen molar-refractivity contribution in [3.05, 3.63) is 36.0 Å². The van der Waals surface area contributed by atoms with Crippen LogP contribution in [0.3, 0.4) is 0 Å². The van der Waals surface area contributed by atoms with Crippen LogP contribution in [0.1, 0.15) is 139 Å². The molecular formula is C51H76O12. The summed E-state index contributed by atoms with van der Waals surface area (Å²) in [5.74, 6) is 0.237. The van der Waals surface area contributed by atoms with E-state index in [2.05, 4.69) is 73.3 Å². The van der Waals surface area contributed by atoms with Crippen LogP contribution in [0.4, 0.5) is 0 Å². The van der Waals surface area contributed by atoms with Gasteiger partial charge in [-0.05, 0) is 91.6 Å². The van der Waals surface area contributed by atoms with Gasteiger partial charge < -0.3 is 57.2 Å². The molecule has 23 atom stereocenters. The second-order valence-corrected chi connectivity index (χ2v) is 23.0. The zero-order valence-electron chi connectivity index (χ0n) is 39.2. The molecule has 11 aliphatic heterocycles. The van der Waals surface area contributed by atoms with Gasteiger partial charge in [-0.15, -0.1) is 0 Å². The second kappa shape index (κ2) is 15.9. The Bertz CT molecular complexity index is 1820. The van der Waals surface area contributed by atoms with Gasteiger partial charge in [-0.25, -0.2) is 0 Å². The van der Waals surface area contributed by atoms with Crippen molar-refractivity contribution in [2.24, 2.45) is 5.92 Å². The minimum Gasteiger partial charge on any atom is -0.390 e. The van der Waals surface area contributed by atoms with E-state index in [1.165, 1.54) is 5.57 Å². The minimum absolute atomic E-state index is 0.0147. The first-order chi connectivity index (χ1) is 30.0. The maximum Gasteiger partial charge on any atom is 0.118 e. The molecule has 0 aliphatic carbocycles. The molecule has 11 aliphatic rings. The van der Waals surface area contributed by atoms with E-state index in [1.54, 1.807) is 0 Å². The molecule has 0 aromatic carbocycles. The van der Waals surface area contributed by atoms with Crippen LogP contribution in [0.25, 0.3) is 0 Å². The van der Waals surface area contributed by atoms with Crippen molar-refractivity contribution in [1.82, 2.24) is 0 Å². The van der Waals surface area contributed by atoms with Crippen LogP contribution in [0, 0.1) is 5.92 Å². The lowest BCUT2D eigenvalue weighted by atomic mass is 9.72. The summed E-state index contributed by atoms with van der Waals surface area (Å²) in [6, 6.07) is 0. The molecule has 63 heavy (non-hydrogen) atoms. The molecular weight excluding hydrogens is 805 g/mol. The third kappa shape index (κ3) is 7.54. The Morgan fingerprint density at radius 3 is 2.30 bits per heavy atom. The molecule has 6 unspecified atom stereocenters. The smallest absolute Gasteiger partial charge is 0.118 e. The van der Waals surface area contributed by atoms with Crippen molar-refractivity contribution >= 4 is 0 Å². The molecule has 352 valence electrons. The Morgan fingerprint density at radius 1 is 0.698 bits per heavy atom. The average molecular weight is 881 g/mol. The molecule has 0 amide bonds. The van der Waals surface area contributed by atoms with Gasteiger partial charge in [0, 0.05) is 44.9 Å². The molecule has 9 saturated heterocycles. The summed E-state index contributed by atoms with van der Waals surface area (Å²) in [4.78, 5) is 0. The van der Waals surface area contributed by atoms with Crippen molar-refractivity contribution in [2.75, 3.05) is 6.61 Å². The van der Waals surface area contributed by atoms with Gasteiger partial charge in [-0.2, -0.15) is 0 Å². The molecule has 0 radical (unpaired) electrons. The summed E-state index contributed by atoms with van der Waals surface area (Å²) in [6.45, 7) is 22.3. The highest BCUT2D eigenvalue weighted by Gasteiger charge is 2.64. The van der Waals surface area contributed by atoms with E-state index in [0.717, 1.165) is 56.9 Å². The quantitative estimate of drug-likeness (QED) is 0.290.